The second-order valence-corrected chi connectivity index (χ2v) is 8.60. The molecule has 3 rings (SSSR count). The van der Waals surface area contributed by atoms with E-state index in [0.29, 0.717) is 17.4 Å². The smallest absolute Gasteiger partial charge is 0.241 e. The summed E-state index contributed by atoms with van der Waals surface area (Å²) in [7, 11) is 5.41. The summed E-state index contributed by atoms with van der Waals surface area (Å²) >= 11 is 0. The summed E-state index contributed by atoms with van der Waals surface area (Å²) < 4.78 is 14.7. The molecule has 0 aromatic heterocycles. The molecule has 8 heteroatoms. The summed E-state index contributed by atoms with van der Waals surface area (Å²) in [6, 6.07) is 2.71. The number of nitrogens with two attached hydrogens (primary N) is 1. The molecule has 2 amide bonds. The number of hydrogen-bond donors (Lipinski definition) is 3. The monoisotopic (exact) mass is 413 g/mol. The lowest BCUT2D eigenvalue weighted by Crippen LogP contribution is -2.44. The molecule has 0 aliphatic heterocycles. The molecule has 0 bridgehead atoms. The van der Waals surface area contributed by atoms with Gasteiger partial charge in [0.05, 0.1) is 23.5 Å². The van der Waals surface area contributed by atoms with Gasteiger partial charge in [0.2, 0.25) is 11.8 Å². The van der Waals surface area contributed by atoms with Crippen LogP contribution < -0.4 is 16.4 Å². The number of hydrogen-bond acceptors (Lipinski definition) is 4. The Morgan fingerprint density at radius 3 is 2.27 bits per heavy atom. The van der Waals surface area contributed by atoms with E-state index in [9.17, 15) is 18.8 Å². The lowest BCUT2D eigenvalue weighted by atomic mass is 9.83. The Morgan fingerprint density at radius 1 is 1.20 bits per heavy atom. The van der Waals surface area contributed by atoms with Crippen molar-refractivity contribution in [3.8, 4) is 0 Å². The Bertz CT molecular complexity index is 814. The maximum absolute atomic E-state index is 14.7. The van der Waals surface area contributed by atoms with Crippen LogP contribution in [-0.4, -0.2) is 37.4 Å². The second-order valence-electron chi connectivity index (χ2n) is 8.60. The molecule has 2 aliphatic carbocycles. The van der Waals surface area contributed by atoms with E-state index in [1.807, 2.05) is 0 Å². The maximum Gasteiger partial charge on any atom is 0.241 e. The van der Waals surface area contributed by atoms with E-state index in [4.69, 9.17) is 13.6 Å². The molecule has 30 heavy (non-hydrogen) atoms. The van der Waals surface area contributed by atoms with Gasteiger partial charge in [-0.05, 0) is 61.1 Å². The minimum absolute atomic E-state index is 0.0463. The first-order valence-corrected chi connectivity index (χ1v) is 10.7. The summed E-state index contributed by atoms with van der Waals surface area (Å²) in [5.74, 6) is -0.654. The van der Waals surface area contributed by atoms with Gasteiger partial charge >= 0.3 is 0 Å². The number of benzene rings is 1. The molecule has 1 aromatic rings. The Kier molecular flexibility index (Phi) is 6.96. The molecule has 6 nitrogen and oxygen atoms in total. The Labute approximate surface area is 178 Å². The van der Waals surface area contributed by atoms with Crippen molar-refractivity contribution >= 4 is 31.0 Å². The summed E-state index contributed by atoms with van der Waals surface area (Å²) in [6.07, 6.45) is 4.65. The van der Waals surface area contributed by atoms with E-state index in [-0.39, 0.29) is 29.8 Å². The zero-order chi connectivity index (χ0) is 22.0. The number of rotatable bonds is 10. The lowest BCUT2D eigenvalue weighted by molar-refractivity contribution is -0.125. The first-order valence-electron chi connectivity index (χ1n) is 10.7. The summed E-state index contributed by atoms with van der Waals surface area (Å²) in [6.45, 7) is 3.35. The van der Waals surface area contributed by atoms with E-state index >= 15 is 0 Å². The standard InChI is InChI=1S/C22H29BFN3O3/c1-3-17(28)27-20(21(23)29)11(2)14-8-9-16(15(24)10-14)26-22(30)19(25)18(12-4-5-12)13-6-7-13/h8-13,18-20H,3-7,25H2,1-2H3,(H,26,30)(H,27,28)/t11-,19+,20+/m0/s1. The van der Waals surface area contributed by atoms with Gasteiger partial charge in [0.25, 0.3) is 0 Å². The highest BCUT2D eigenvalue weighted by Gasteiger charge is 2.46. The van der Waals surface area contributed by atoms with E-state index in [0.717, 1.165) is 25.7 Å². The van der Waals surface area contributed by atoms with Crippen molar-refractivity contribution in [1.29, 1.82) is 0 Å². The third-order valence-electron chi connectivity index (χ3n) is 6.27. The van der Waals surface area contributed by atoms with Crippen molar-refractivity contribution in [2.45, 2.75) is 64.0 Å². The van der Waals surface area contributed by atoms with Crippen LogP contribution in [0.1, 0.15) is 57.4 Å². The fourth-order valence-corrected chi connectivity index (χ4v) is 4.15. The van der Waals surface area contributed by atoms with Gasteiger partial charge in [-0.25, -0.2) is 4.39 Å². The molecule has 2 aliphatic rings. The molecule has 0 heterocycles. The van der Waals surface area contributed by atoms with Crippen molar-refractivity contribution in [2.75, 3.05) is 5.32 Å². The second kappa shape index (κ2) is 9.29. The van der Waals surface area contributed by atoms with Gasteiger partial charge in [-0.15, -0.1) is 0 Å². The fraction of sp³-hybridized carbons (Fsp3) is 0.591. The SMILES string of the molecule is [B]C(=O)[C@H](NC(=O)CC)[C@@H](C)c1ccc(NC(=O)[C@H](N)C(C2CC2)C2CC2)c(F)c1. The third kappa shape index (κ3) is 5.28. The fourth-order valence-electron chi connectivity index (χ4n) is 4.15. The van der Waals surface area contributed by atoms with Gasteiger partial charge in [-0.2, -0.15) is 0 Å². The van der Waals surface area contributed by atoms with E-state index in [1.165, 1.54) is 12.1 Å². The van der Waals surface area contributed by atoms with Crippen molar-refractivity contribution < 1.29 is 18.8 Å². The molecule has 1 aromatic carbocycles. The van der Waals surface area contributed by atoms with Crippen LogP contribution in [0.4, 0.5) is 10.1 Å². The van der Waals surface area contributed by atoms with E-state index in [1.54, 1.807) is 19.9 Å². The minimum Gasteiger partial charge on any atom is -0.347 e. The van der Waals surface area contributed by atoms with Crippen LogP contribution in [-0.2, 0) is 14.4 Å². The van der Waals surface area contributed by atoms with Crippen LogP contribution >= 0.6 is 0 Å². The van der Waals surface area contributed by atoms with Crippen molar-refractivity contribution in [3.63, 3.8) is 0 Å². The summed E-state index contributed by atoms with van der Waals surface area (Å²) in [5.41, 5.74) is 6.07. The zero-order valence-electron chi connectivity index (χ0n) is 17.5. The highest BCUT2D eigenvalue weighted by atomic mass is 19.1. The predicted octanol–water partition coefficient (Wildman–Crippen LogP) is 2.22. The van der Waals surface area contributed by atoms with Gasteiger partial charge in [-0.3, -0.25) is 9.59 Å². The quantitative estimate of drug-likeness (QED) is 0.512. The zero-order valence-corrected chi connectivity index (χ0v) is 17.5. The third-order valence-corrected chi connectivity index (χ3v) is 6.27. The molecule has 0 unspecified atom stereocenters. The van der Waals surface area contributed by atoms with Gasteiger partial charge in [0.1, 0.15) is 5.82 Å². The maximum atomic E-state index is 14.7. The van der Waals surface area contributed by atoms with Crippen LogP contribution in [0, 0.1) is 23.6 Å². The first kappa shape index (κ1) is 22.5. The van der Waals surface area contributed by atoms with Crippen LogP contribution in [0.25, 0.3) is 0 Å². The Morgan fingerprint density at radius 2 is 1.80 bits per heavy atom. The molecule has 2 radical (unpaired) electrons. The molecule has 3 atom stereocenters. The lowest BCUT2D eigenvalue weighted by Gasteiger charge is -2.25. The van der Waals surface area contributed by atoms with Crippen molar-refractivity contribution in [3.05, 3.63) is 29.6 Å². The normalized spacial score (nSPS) is 19.1. The van der Waals surface area contributed by atoms with Gasteiger partial charge < -0.3 is 21.2 Å². The molecular formula is C22H29BFN3O3. The highest BCUT2D eigenvalue weighted by molar-refractivity contribution is 6.59. The summed E-state index contributed by atoms with van der Waals surface area (Å²) in [5, 5.41) is 5.18. The van der Waals surface area contributed by atoms with Crippen molar-refractivity contribution in [1.82, 2.24) is 5.32 Å². The van der Waals surface area contributed by atoms with E-state index in [2.05, 4.69) is 10.6 Å². The first-order chi connectivity index (χ1) is 14.2. The van der Waals surface area contributed by atoms with Gasteiger partial charge in [0.15, 0.2) is 7.85 Å². The average Bonchev–Trinajstić information content (AvgIpc) is 3.61. The van der Waals surface area contributed by atoms with Crippen LogP contribution in [0.15, 0.2) is 18.2 Å². The molecular weight excluding hydrogens is 384 g/mol. The largest absolute Gasteiger partial charge is 0.347 e. The molecule has 160 valence electrons. The predicted molar refractivity (Wildman–Crippen MR) is 113 cm³/mol. The Balaban J connectivity index is 1.68. The number of nitrogens with one attached hydrogen (secondary N) is 2. The Hall–Kier alpha value is -2.22. The van der Waals surface area contributed by atoms with Crippen LogP contribution in [0.5, 0.6) is 0 Å². The van der Waals surface area contributed by atoms with Gasteiger partial charge in [-0.1, -0.05) is 19.9 Å². The highest BCUT2D eigenvalue weighted by Crippen LogP contribution is 2.50. The number of anilines is 1. The molecule has 2 saturated carbocycles. The molecule has 2 fully saturated rings. The summed E-state index contributed by atoms with van der Waals surface area (Å²) in [4.78, 5) is 36.1. The average molecular weight is 413 g/mol. The van der Waals surface area contributed by atoms with Crippen molar-refractivity contribution in [2.24, 2.45) is 23.5 Å². The van der Waals surface area contributed by atoms with Crippen LogP contribution in [0.2, 0.25) is 0 Å². The number of halogens is 1. The number of amides is 2. The van der Waals surface area contributed by atoms with Crippen LogP contribution in [0.3, 0.4) is 0 Å². The molecule has 0 spiro atoms. The topological polar surface area (TPSA) is 101 Å². The van der Waals surface area contributed by atoms with E-state index < -0.39 is 29.5 Å². The van der Waals surface area contributed by atoms with Gasteiger partial charge in [0, 0.05) is 12.3 Å². The number of carbonyl (C=O) groups is 3. The molecule has 4 N–H and O–H groups in total. The minimum atomic E-state index is -0.955. The number of carbonyl (C=O) groups excluding carboxylic acids is 3. The molecule has 0 saturated heterocycles.